The second-order valence-electron chi connectivity index (χ2n) is 5.41. The monoisotopic (exact) mass is 317 g/mol. The van der Waals surface area contributed by atoms with Gasteiger partial charge in [0.05, 0.1) is 10.8 Å². The third-order valence-corrected chi connectivity index (χ3v) is 4.17. The van der Waals surface area contributed by atoms with E-state index in [4.69, 9.17) is 5.73 Å². The van der Waals surface area contributed by atoms with Crippen LogP contribution < -0.4 is 16.9 Å². The Bertz CT molecular complexity index is 1170. The standard InChI is InChI=1S/C17H11N5O2/c18-9-13-14(10-5-7-20-8-6-10)21-16(23)11-3-1-2-4-12(11)17(24)22(21)15(13)19/h1-8,14H,19H2. The zero-order valence-electron chi connectivity index (χ0n) is 12.4. The number of benzene rings is 1. The van der Waals surface area contributed by atoms with E-state index < -0.39 is 11.6 Å². The molecule has 0 bridgehead atoms. The van der Waals surface area contributed by atoms with Gasteiger partial charge < -0.3 is 5.73 Å². The quantitative estimate of drug-likeness (QED) is 0.715. The molecule has 7 nitrogen and oxygen atoms in total. The largest absolute Gasteiger partial charge is 0.383 e. The fourth-order valence-electron chi connectivity index (χ4n) is 3.09. The third kappa shape index (κ3) is 1.68. The van der Waals surface area contributed by atoms with E-state index in [0.29, 0.717) is 10.9 Å². The zero-order valence-corrected chi connectivity index (χ0v) is 12.4. The highest BCUT2D eigenvalue weighted by molar-refractivity contribution is 5.81. The van der Waals surface area contributed by atoms with E-state index in [1.54, 1.807) is 48.8 Å². The number of aromatic nitrogens is 3. The van der Waals surface area contributed by atoms with E-state index in [-0.39, 0.29) is 22.3 Å². The number of nitrogens with zero attached hydrogens (tertiary/aromatic N) is 4. The van der Waals surface area contributed by atoms with Crippen LogP contribution in [-0.2, 0) is 0 Å². The third-order valence-electron chi connectivity index (χ3n) is 4.17. The number of fused-ring (bicyclic) bond motifs is 2. The highest BCUT2D eigenvalue weighted by Gasteiger charge is 2.34. The van der Waals surface area contributed by atoms with Crippen LogP contribution >= 0.6 is 0 Å². The van der Waals surface area contributed by atoms with Gasteiger partial charge in [0.1, 0.15) is 23.5 Å². The number of allylic oxidation sites excluding steroid dienone is 1. The van der Waals surface area contributed by atoms with Gasteiger partial charge in [0.25, 0.3) is 11.1 Å². The number of pyridine rings is 1. The normalized spacial score (nSPS) is 16.2. The van der Waals surface area contributed by atoms with Crippen LogP contribution in [0.3, 0.4) is 0 Å². The summed E-state index contributed by atoms with van der Waals surface area (Å²) < 4.78 is 2.34. The van der Waals surface area contributed by atoms with E-state index in [1.165, 1.54) is 4.68 Å². The van der Waals surface area contributed by atoms with Gasteiger partial charge in [-0.1, -0.05) is 12.1 Å². The first-order valence-electron chi connectivity index (χ1n) is 7.21. The van der Waals surface area contributed by atoms with E-state index in [0.717, 1.165) is 4.68 Å². The van der Waals surface area contributed by atoms with Gasteiger partial charge in [0.2, 0.25) is 0 Å². The molecule has 1 aliphatic rings. The Hall–Kier alpha value is -3.66. The van der Waals surface area contributed by atoms with Crippen LogP contribution in [-0.4, -0.2) is 14.3 Å². The molecule has 0 aliphatic carbocycles. The van der Waals surface area contributed by atoms with Gasteiger partial charge in [0, 0.05) is 12.4 Å². The van der Waals surface area contributed by atoms with Crippen LogP contribution in [0.4, 0.5) is 0 Å². The average molecular weight is 317 g/mol. The minimum atomic E-state index is -0.747. The van der Waals surface area contributed by atoms with Crippen molar-refractivity contribution in [3.05, 3.63) is 80.6 Å². The number of nitriles is 1. The summed E-state index contributed by atoms with van der Waals surface area (Å²) in [7, 11) is 0. The predicted molar refractivity (Wildman–Crippen MR) is 87.9 cm³/mol. The number of hydrogen-bond donors (Lipinski definition) is 1. The summed E-state index contributed by atoms with van der Waals surface area (Å²) in [4.78, 5) is 29.7. The molecule has 4 rings (SSSR count). The molecule has 7 heteroatoms. The van der Waals surface area contributed by atoms with Crippen molar-refractivity contribution in [2.24, 2.45) is 5.73 Å². The number of rotatable bonds is 1. The fraction of sp³-hybridized carbons (Fsp3) is 0.0588. The molecule has 0 fully saturated rings. The molecule has 24 heavy (non-hydrogen) atoms. The lowest BCUT2D eigenvalue weighted by molar-refractivity contribution is 0.539. The fourth-order valence-corrected chi connectivity index (χ4v) is 3.09. The maximum absolute atomic E-state index is 13.0. The topological polar surface area (TPSA) is 107 Å². The average Bonchev–Trinajstić information content (AvgIpc) is 2.93. The predicted octanol–water partition coefficient (Wildman–Crippen LogP) is 0.812. The molecule has 116 valence electrons. The molecule has 3 aromatic rings. The highest BCUT2D eigenvalue weighted by atomic mass is 16.2. The number of hydrogen-bond acceptors (Lipinski definition) is 5. The van der Waals surface area contributed by atoms with E-state index in [2.05, 4.69) is 4.98 Å². The smallest absolute Gasteiger partial charge is 0.279 e. The van der Waals surface area contributed by atoms with Gasteiger partial charge in [-0.2, -0.15) is 9.94 Å². The molecule has 0 saturated heterocycles. The Morgan fingerprint density at radius 1 is 1.04 bits per heavy atom. The zero-order chi connectivity index (χ0) is 16.8. The van der Waals surface area contributed by atoms with Gasteiger partial charge in [0.15, 0.2) is 0 Å². The summed E-state index contributed by atoms with van der Waals surface area (Å²) in [5, 5.41) is 10.1. The molecule has 1 aromatic carbocycles. The van der Waals surface area contributed by atoms with Crippen molar-refractivity contribution < 1.29 is 0 Å². The lowest BCUT2D eigenvalue weighted by Crippen LogP contribution is -2.38. The molecule has 1 unspecified atom stereocenters. The summed E-state index contributed by atoms with van der Waals surface area (Å²) in [5.74, 6) is -0.0211. The molecule has 3 heterocycles. The Morgan fingerprint density at radius 2 is 1.67 bits per heavy atom. The van der Waals surface area contributed by atoms with Crippen molar-refractivity contribution in [3.63, 3.8) is 0 Å². The van der Waals surface area contributed by atoms with Crippen molar-refractivity contribution in [1.29, 1.82) is 5.26 Å². The number of nitrogens with two attached hydrogens (primary N) is 1. The van der Waals surface area contributed by atoms with Crippen molar-refractivity contribution >= 4 is 16.6 Å². The van der Waals surface area contributed by atoms with Crippen LogP contribution in [0.25, 0.3) is 16.6 Å². The summed E-state index contributed by atoms with van der Waals surface area (Å²) in [6, 6.07) is 11.2. The van der Waals surface area contributed by atoms with E-state index in [1.807, 2.05) is 6.07 Å². The summed E-state index contributed by atoms with van der Waals surface area (Å²) in [5.41, 5.74) is 6.06. The first-order chi connectivity index (χ1) is 11.6. The van der Waals surface area contributed by atoms with Gasteiger partial charge >= 0.3 is 0 Å². The highest BCUT2D eigenvalue weighted by Crippen LogP contribution is 2.31. The first kappa shape index (κ1) is 14.0. The van der Waals surface area contributed by atoms with E-state index >= 15 is 0 Å². The molecular formula is C17H11N5O2. The Kier molecular flexibility index (Phi) is 2.87. The van der Waals surface area contributed by atoms with Crippen molar-refractivity contribution in [2.45, 2.75) is 6.04 Å². The lowest BCUT2D eigenvalue weighted by Gasteiger charge is -2.16. The summed E-state index contributed by atoms with van der Waals surface area (Å²) in [6.07, 6.45) is 3.13. The summed E-state index contributed by atoms with van der Waals surface area (Å²) >= 11 is 0. The van der Waals surface area contributed by atoms with Crippen LogP contribution in [0, 0.1) is 11.3 Å². The molecule has 1 aliphatic heterocycles. The molecule has 0 amide bonds. The minimum Gasteiger partial charge on any atom is -0.383 e. The van der Waals surface area contributed by atoms with Crippen molar-refractivity contribution in [3.8, 4) is 6.07 Å². The van der Waals surface area contributed by atoms with E-state index in [9.17, 15) is 14.9 Å². The SMILES string of the molecule is N#CC1=C(N)n2c(=O)c3ccccc3c(=O)n2C1c1ccncc1. The van der Waals surface area contributed by atoms with Crippen LogP contribution in [0.15, 0.2) is 64.0 Å². The second-order valence-corrected chi connectivity index (χ2v) is 5.41. The Morgan fingerprint density at radius 3 is 2.29 bits per heavy atom. The Balaban J connectivity index is 2.19. The Labute approximate surface area is 135 Å². The van der Waals surface area contributed by atoms with Crippen LogP contribution in [0.1, 0.15) is 11.6 Å². The van der Waals surface area contributed by atoms with Gasteiger partial charge in [-0.25, -0.2) is 4.68 Å². The second kappa shape index (κ2) is 4.93. The molecule has 0 spiro atoms. The molecule has 2 aromatic heterocycles. The minimum absolute atomic E-state index is 0.0211. The van der Waals surface area contributed by atoms with Crippen molar-refractivity contribution in [1.82, 2.24) is 14.3 Å². The molecular weight excluding hydrogens is 306 g/mol. The van der Waals surface area contributed by atoms with Crippen LogP contribution in [0.2, 0.25) is 0 Å². The first-order valence-corrected chi connectivity index (χ1v) is 7.21. The van der Waals surface area contributed by atoms with Crippen LogP contribution in [0.5, 0.6) is 0 Å². The van der Waals surface area contributed by atoms with Gasteiger partial charge in [-0.05, 0) is 29.8 Å². The maximum Gasteiger partial charge on any atom is 0.279 e. The molecule has 0 radical (unpaired) electrons. The summed E-state index contributed by atoms with van der Waals surface area (Å²) in [6.45, 7) is 0. The molecule has 1 atom stereocenters. The lowest BCUT2D eigenvalue weighted by atomic mass is 10.0. The molecule has 0 saturated carbocycles. The maximum atomic E-state index is 13.0. The molecule has 2 N–H and O–H groups in total. The van der Waals surface area contributed by atoms with Gasteiger partial charge in [-0.3, -0.25) is 14.6 Å². The van der Waals surface area contributed by atoms with Crippen molar-refractivity contribution in [2.75, 3.05) is 0 Å². The van der Waals surface area contributed by atoms with Gasteiger partial charge in [-0.15, -0.1) is 0 Å².